The second-order valence-electron chi connectivity index (χ2n) is 11.0. The van der Waals surface area contributed by atoms with E-state index in [-0.39, 0.29) is 36.5 Å². The average molecular weight is 505 g/mol. The summed E-state index contributed by atoms with van der Waals surface area (Å²) < 4.78 is 12.6. The van der Waals surface area contributed by atoms with Gasteiger partial charge in [-0.2, -0.15) is 5.10 Å². The van der Waals surface area contributed by atoms with Gasteiger partial charge >= 0.3 is 0 Å². The molecule has 2 heterocycles. The molecule has 8 heteroatoms. The van der Waals surface area contributed by atoms with E-state index in [0.717, 1.165) is 22.5 Å². The van der Waals surface area contributed by atoms with Crippen molar-refractivity contribution in [3.63, 3.8) is 0 Å². The molecule has 2 amide bonds. The number of anilines is 1. The third kappa shape index (κ3) is 5.79. The molecule has 1 N–H and O–H groups in total. The van der Waals surface area contributed by atoms with Crippen molar-refractivity contribution >= 4 is 17.6 Å². The number of carbonyl (C=O) groups excluding carboxylic acids is 2. The van der Waals surface area contributed by atoms with E-state index < -0.39 is 0 Å². The van der Waals surface area contributed by atoms with Crippen molar-refractivity contribution in [2.24, 2.45) is 5.92 Å². The molecule has 0 fully saturated rings. The standard InChI is InChI=1S/C29H36N4O4/c1-18(2)15-32(28(35)21-11-12-23-24(13-21)37-17-36-23)16-27(34)30-26-14-25(29(5,6)7)31-33(26)22-10-8-9-19(3)20(22)4/h8-14,18H,15-17H2,1-7H3,(H,30,34). The highest BCUT2D eigenvalue weighted by Crippen LogP contribution is 2.33. The van der Waals surface area contributed by atoms with E-state index in [1.807, 2.05) is 39.0 Å². The van der Waals surface area contributed by atoms with Crippen LogP contribution in [0.25, 0.3) is 5.69 Å². The predicted octanol–water partition coefficient (Wildman–Crippen LogP) is 5.25. The number of carbonyl (C=O) groups is 2. The van der Waals surface area contributed by atoms with Gasteiger partial charge in [-0.15, -0.1) is 0 Å². The molecule has 0 saturated heterocycles. The molecule has 1 aliphatic heterocycles. The molecule has 0 aliphatic carbocycles. The Labute approximate surface area is 218 Å². The fraction of sp³-hybridized carbons (Fsp3) is 0.414. The lowest BCUT2D eigenvalue weighted by molar-refractivity contribution is -0.117. The first-order valence-electron chi connectivity index (χ1n) is 12.6. The number of hydrogen-bond donors (Lipinski definition) is 1. The SMILES string of the molecule is Cc1cccc(-n2nc(C(C)(C)C)cc2NC(=O)CN(CC(C)C)C(=O)c2ccc3c(c2)OCO3)c1C. The van der Waals surface area contributed by atoms with Crippen molar-refractivity contribution in [1.29, 1.82) is 0 Å². The fourth-order valence-electron chi connectivity index (χ4n) is 4.21. The number of hydrogen-bond acceptors (Lipinski definition) is 5. The Bertz CT molecular complexity index is 1320. The van der Waals surface area contributed by atoms with Gasteiger partial charge in [0, 0.05) is 23.6 Å². The van der Waals surface area contributed by atoms with E-state index in [0.29, 0.717) is 29.4 Å². The Balaban J connectivity index is 1.60. The molecule has 1 aromatic heterocycles. The number of rotatable bonds is 7. The summed E-state index contributed by atoms with van der Waals surface area (Å²) in [7, 11) is 0. The topological polar surface area (TPSA) is 85.7 Å². The zero-order valence-corrected chi connectivity index (χ0v) is 22.7. The second kappa shape index (κ2) is 10.3. The maximum absolute atomic E-state index is 13.4. The van der Waals surface area contributed by atoms with E-state index >= 15 is 0 Å². The number of aryl methyl sites for hydroxylation is 1. The molecule has 196 valence electrons. The van der Waals surface area contributed by atoms with Crippen LogP contribution < -0.4 is 14.8 Å². The van der Waals surface area contributed by atoms with Gasteiger partial charge in [0.15, 0.2) is 11.5 Å². The number of fused-ring (bicyclic) bond motifs is 1. The third-order valence-corrected chi connectivity index (χ3v) is 6.38. The molecule has 1 aliphatic rings. The molecule has 0 spiro atoms. The molecule has 37 heavy (non-hydrogen) atoms. The van der Waals surface area contributed by atoms with Gasteiger partial charge in [0.25, 0.3) is 5.91 Å². The number of ether oxygens (including phenoxy) is 2. The Morgan fingerprint density at radius 3 is 2.51 bits per heavy atom. The quantitative estimate of drug-likeness (QED) is 0.475. The normalized spacial score (nSPS) is 12.6. The van der Waals surface area contributed by atoms with E-state index in [1.54, 1.807) is 27.8 Å². The zero-order chi connectivity index (χ0) is 26.9. The van der Waals surface area contributed by atoms with Crippen LogP contribution in [0.4, 0.5) is 5.82 Å². The molecule has 0 radical (unpaired) electrons. The second-order valence-corrected chi connectivity index (χ2v) is 11.0. The van der Waals surface area contributed by atoms with Crippen LogP contribution >= 0.6 is 0 Å². The summed E-state index contributed by atoms with van der Waals surface area (Å²) in [4.78, 5) is 28.3. The minimum Gasteiger partial charge on any atom is -0.454 e. The monoisotopic (exact) mass is 504 g/mol. The number of aromatic nitrogens is 2. The van der Waals surface area contributed by atoms with Crippen molar-refractivity contribution in [2.75, 3.05) is 25.2 Å². The number of benzene rings is 2. The van der Waals surface area contributed by atoms with Crippen LogP contribution in [0, 0.1) is 19.8 Å². The van der Waals surface area contributed by atoms with Crippen LogP contribution in [0.1, 0.15) is 61.8 Å². The molecule has 8 nitrogen and oxygen atoms in total. The van der Waals surface area contributed by atoms with Gasteiger partial charge in [-0.3, -0.25) is 9.59 Å². The van der Waals surface area contributed by atoms with Gasteiger partial charge in [-0.1, -0.05) is 46.8 Å². The lowest BCUT2D eigenvalue weighted by Crippen LogP contribution is -2.40. The first-order valence-corrected chi connectivity index (χ1v) is 12.6. The fourth-order valence-corrected chi connectivity index (χ4v) is 4.21. The van der Waals surface area contributed by atoms with Crippen LogP contribution in [-0.4, -0.2) is 46.4 Å². The maximum atomic E-state index is 13.4. The van der Waals surface area contributed by atoms with Gasteiger partial charge in [0.1, 0.15) is 12.4 Å². The van der Waals surface area contributed by atoms with Crippen LogP contribution in [0.5, 0.6) is 11.5 Å². The van der Waals surface area contributed by atoms with Gasteiger partial charge in [0.05, 0.1) is 11.4 Å². The zero-order valence-electron chi connectivity index (χ0n) is 22.7. The van der Waals surface area contributed by atoms with Crippen LogP contribution in [-0.2, 0) is 10.2 Å². The van der Waals surface area contributed by atoms with E-state index in [9.17, 15) is 9.59 Å². The summed E-state index contributed by atoms with van der Waals surface area (Å²) in [6.45, 7) is 14.9. The largest absolute Gasteiger partial charge is 0.454 e. The molecule has 0 atom stereocenters. The molecular formula is C29H36N4O4. The summed E-state index contributed by atoms with van der Waals surface area (Å²) in [6, 6.07) is 13.0. The van der Waals surface area contributed by atoms with Gasteiger partial charge in [0.2, 0.25) is 12.7 Å². The molecule has 0 bridgehead atoms. The van der Waals surface area contributed by atoms with Gasteiger partial charge in [-0.05, 0) is 55.2 Å². The number of amides is 2. The molecular weight excluding hydrogens is 468 g/mol. The van der Waals surface area contributed by atoms with E-state index in [2.05, 4.69) is 39.1 Å². The molecule has 2 aromatic carbocycles. The smallest absolute Gasteiger partial charge is 0.254 e. The highest BCUT2D eigenvalue weighted by Gasteiger charge is 2.25. The maximum Gasteiger partial charge on any atom is 0.254 e. The Morgan fingerprint density at radius 1 is 1.08 bits per heavy atom. The van der Waals surface area contributed by atoms with Crippen molar-refractivity contribution in [3.8, 4) is 17.2 Å². The van der Waals surface area contributed by atoms with Crippen LogP contribution in [0.3, 0.4) is 0 Å². The third-order valence-electron chi connectivity index (χ3n) is 6.38. The predicted molar refractivity (Wildman–Crippen MR) is 144 cm³/mol. The highest BCUT2D eigenvalue weighted by molar-refractivity contribution is 5.99. The highest BCUT2D eigenvalue weighted by atomic mass is 16.7. The average Bonchev–Trinajstić information content (AvgIpc) is 3.46. The number of nitrogens with one attached hydrogen (secondary N) is 1. The van der Waals surface area contributed by atoms with Gasteiger partial charge in [-0.25, -0.2) is 4.68 Å². The Morgan fingerprint density at radius 2 is 1.81 bits per heavy atom. The van der Waals surface area contributed by atoms with E-state index in [4.69, 9.17) is 14.6 Å². The summed E-state index contributed by atoms with van der Waals surface area (Å²) >= 11 is 0. The molecule has 4 rings (SSSR count). The lowest BCUT2D eigenvalue weighted by atomic mass is 9.92. The summed E-state index contributed by atoms with van der Waals surface area (Å²) in [5.74, 6) is 1.37. The first-order chi connectivity index (χ1) is 17.4. The molecule has 0 unspecified atom stereocenters. The summed E-state index contributed by atoms with van der Waals surface area (Å²) in [5, 5.41) is 7.87. The summed E-state index contributed by atoms with van der Waals surface area (Å²) in [6.07, 6.45) is 0. The van der Waals surface area contributed by atoms with Crippen molar-refractivity contribution in [3.05, 3.63) is 64.8 Å². The minimum absolute atomic E-state index is 0.0890. The number of nitrogens with zero attached hydrogens (tertiary/aromatic N) is 3. The molecule has 3 aromatic rings. The summed E-state index contributed by atoms with van der Waals surface area (Å²) in [5.41, 5.74) is 4.23. The Kier molecular flexibility index (Phi) is 7.30. The Hall–Kier alpha value is -3.81. The van der Waals surface area contributed by atoms with Crippen LogP contribution in [0.15, 0.2) is 42.5 Å². The molecule has 0 saturated carbocycles. The van der Waals surface area contributed by atoms with Crippen LogP contribution in [0.2, 0.25) is 0 Å². The van der Waals surface area contributed by atoms with Crippen molar-refractivity contribution < 1.29 is 19.1 Å². The van der Waals surface area contributed by atoms with Crippen molar-refractivity contribution in [1.82, 2.24) is 14.7 Å². The minimum atomic E-state index is -0.290. The lowest BCUT2D eigenvalue weighted by Gasteiger charge is -2.24. The van der Waals surface area contributed by atoms with Crippen molar-refractivity contribution in [2.45, 2.75) is 53.9 Å². The van der Waals surface area contributed by atoms with E-state index in [1.165, 1.54) is 0 Å². The van der Waals surface area contributed by atoms with Gasteiger partial charge < -0.3 is 19.7 Å². The first kappa shape index (κ1) is 26.3.